The number of nitro groups is 1. The van der Waals surface area contributed by atoms with Gasteiger partial charge in [0.25, 0.3) is 11.6 Å². The highest BCUT2D eigenvalue weighted by Crippen LogP contribution is 2.28. The van der Waals surface area contributed by atoms with Gasteiger partial charge < -0.3 is 19.0 Å². The molecule has 0 radical (unpaired) electrons. The van der Waals surface area contributed by atoms with E-state index in [1.807, 2.05) is 0 Å². The van der Waals surface area contributed by atoms with Crippen molar-refractivity contribution in [1.29, 1.82) is 0 Å². The number of hydrazone groups is 1. The molecule has 3 rings (SSSR count). The van der Waals surface area contributed by atoms with Crippen LogP contribution in [0.25, 0.3) is 0 Å². The van der Waals surface area contributed by atoms with Gasteiger partial charge in [-0.25, -0.2) is 10.2 Å². The number of methoxy groups -OCH3 is 1. The molecule has 0 aliphatic heterocycles. The van der Waals surface area contributed by atoms with Crippen LogP contribution >= 0.6 is 0 Å². The molecule has 0 unspecified atom stereocenters. The Hall–Kier alpha value is -4.67. The summed E-state index contributed by atoms with van der Waals surface area (Å²) >= 11 is 0. The maximum Gasteiger partial charge on any atom is 0.371 e. The van der Waals surface area contributed by atoms with Crippen LogP contribution in [0.5, 0.6) is 11.5 Å². The lowest BCUT2D eigenvalue weighted by atomic mass is 10.2. The lowest BCUT2D eigenvalue weighted by molar-refractivity contribution is -0.384. The number of furan rings is 1. The first-order valence-electron chi connectivity index (χ1n) is 9.08. The molecular formula is C21H17N3O8. The van der Waals surface area contributed by atoms with Crippen LogP contribution in [0.15, 0.2) is 64.1 Å². The molecule has 0 saturated heterocycles. The van der Waals surface area contributed by atoms with Gasteiger partial charge in [-0.3, -0.25) is 14.9 Å². The van der Waals surface area contributed by atoms with Crippen LogP contribution in [0.3, 0.4) is 0 Å². The number of nitrogens with one attached hydrogen (secondary N) is 1. The predicted molar refractivity (Wildman–Crippen MR) is 111 cm³/mol. The zero-order valence-electron chi connectivity index (χ0n) is 16.7. The molecule has 0 bridgehead atoms. The minimum absolute atomic E-state index is 0.00363. The second-order valence-electron chi connectivity index (χ2n) is 6.28. The van der Waals surface area contributed by atoms with Gasteiger partial charge in [-0.05, 0) is 42.0 Å². The zero-order chi connectivity index (χ0) is 23.1. The molecule has 32 heavy (non-hydrogen) atoms. The largest absolute Gasteiger partial charge is 0.493 e. The van der Waals surface area contributed by atoms with E-state index in [0.29, 0.717) is 22.8 Å². The number of hydrogen-bond donors (Lipinski definition) is 2. The lowest BCUT2D eigenvalue weighted by Gasteiger charge is -2.10. The van der Waals surface area contributed by atoms with E-state index in [-0.39, 0.29) is 23.6 Å². The molecule has 3 aromatic rings. The Balaban J connectivity index is 1.62. The fraction of sp³-hybridized carbons (Fsp3) is 0.0952. The third-order valence-electron chi connectivity index (χ3n) is 4.13. The van der Waals surface area contributed by atoms with Crippen molar-refractivity contribution in [1.82, 2.24) is 5.43 Å². The maximum atomic E-state index is 12.1. The fourth-order valence-electron chi connectivity index (χ4n) is 2.59. The number of carbonyl (C=O) groups is 2. The van der Waals surface area contributed by atoms with E-state index in [2.05, 4.69) is 10.5 Å². The van der Waals surface area contributed by atoms with Crippen molar-refractivity contribution >= 4 is 23.8 Å². The van der Waals surface area contributed by atoms with E-state index >= 15 is 0 Å². The number of carbonyl (C=O) groups excluding carboxylic acids is 1. The molecule has 2 aromatic carbocycles. The average Bonchev–Trinajstić information content (AvgIpc) is 3.27. The molecule has 0 fully saturated rings. The van der Waals surface area contributed by atoms with E-state index in [1.54, 1.807) is 18.2 Å². The number of carboxylic acids is 1. The highest BCUT2D eigenvalue weighted by molar-refractivity contribution is 5.95. The Kier molecular flexibility index (Phi) is 6.81. The molecule has 1 heterocycles. The molecule has 164 valence electrons. The van der Waals surface area contributed by atoms with Crippen molar-refractivity contribution < 1.29 is 33.5 Å². The van der Waals surface area contributed by atoms with Gasteiger partial charge in [-0.1, -0.05) is 6.07 Å². The Bertz CT molecular complexity index is 1190. The summed E-state index contributed by atoms with van der Waals surface area (Å²) in [5.41, 5.74) is 2.78. The number of hydrogen-bond acceptors (Lipinski definition) is 8. The lowest BCUT2D eigenvalue weighted by Crippen LogP contribution is -2.17. The predicted octanol–water partition coefficient (Wildman–Crippen LogP) is 3.24. The number of carboxylic acid groups (broad SMARTS) is 1. The summed E-state index contributed by atoms with van der Waals surface area (Å²) < 4.78 is 16.0. The molecule has 0 spiro atoms. The third-order valence-corrected chi connectivity index (χ3v) is 4.13. The Morgan fingerprint density at radius 2 is 2.00 bits per heavy atom. The standard InChI is InChI=1S/C21H17N3O8/c1-30-19-9-13(5-7-17(19)31-12-16-6-8-18(32-16)21(26)27)11-22-23-20(25)14-3-2-4-15(10-14)24(28)29/h2-11H,12H2,1H3,(H,23,25)(H,26,27). The monoisotopic (exact) mass is 439 g/mol. The Morgan fingerprint density at radius 3 is 2.69 bits per heavy atom. The van der Waals surface area contributed by atoms with Crippen molar-refractivity contribution in [2.75, 3.05) is 7.11 Å². The van der Waals surface area contributed by atoms with Gasteiger partial charge in [-0.15, -0.1) is 0 Å². The third kappa shape index (κ3) is 5.48. The number of benzene rings is 2. The SMILES string of the molecule is COc1cc(C=NNC(=O)c2cccc([N+](=O)[O-])c2)ccc1OCc1ccc(C(=O)O)o1. The first-order chi connectivity index (χ1) is 15.4. The minimum atomic E-state index is -1.17. The van der Waals surface area contributed by atoms with E-state index < -0.39 is 16.8 Å². The fourth-order valence-corrected chi connectivity index (χ4v) is 2.59. The molecule has 0 saturated carbocycles. The molecule has 0 aliphatic carbocycles. The Morgan fingerprint density at radius 1 is 1.19 bits per heavy atom. The molecule has 2 N–H and O–H groups in total. The summed E-state index contributed by atoms with van der Waals surface area (Å²) in [6, 6.07) is 13.0. The summed E-state index contributed by atoms with van der Waals surface area (Å²) in [7, 11) is 1.45. The van der Waals surface area contributed by atoms with Gasteiger partial charge in [0.1, 0.15) is 12.4 Å². The van der Waals surface area contributed by atoms with Gasteiger partial charge in [0.2, 0.25) is 5.76 Å². The highest BCUT2D eigenvalue weighted by Gasteiger charge is 2.12. The van der Waals surface area contributed by atoms with Crippen molar-refractivity contribution in [2.24, 2.45) is 5.10 Å². The first kappa shape index (κ1) is 22.0. The van der Waals surface area contributed by atoms with Crippen molar-refractivity contribution in [3.05, 3.63) is 87.4 Å². The van der Waals surface area contributed by atoms with E-state index in [1.165, 1.54) is 43.7 Å². The number of rotatable bonds is 9. The van der Waals surface area contributed by atoms with Crippen LogP contribution < -0.4 is 14.9 Å². The van der Waals surface area contributed by atoms with Gasteiger partial charge in [-0.2, -0.15) is 5.10 Å². The van der Waals surface area contributed by atoms with E-state index in [9.17, 15) is 19.7 Å². The van der Waals surface area contributed by atoms with E-state index in [0.717, 1.165) is 6.07 Å². The second kappa shape index (κ2) is 9.89. The summed E-state index contributed by atoms with van der Waals surface area (Å²) in [5, 5.41) is 23.5. The van der Waals surface area contributed by atoms with Gasteiger partial charge in [0.15, 0.2) is 11.5 Å². The zero-order valence-corrected chi connectivity index (χ0v) is 16.7. The van der Waals surface area contributed by atoms with Crippen molar-refractivity contribution in [3.8, 4) is 11.5 Å². The van der Waals surface area contributed by atoms with E-state index in [4.69, 9.17) is 19.0 Å². The van der Waals surface area contributed by atoms with Crippen LogP contribution in [0.2, 0.25) is 0 Å². The van der Waals surface area contributed by atoms with Gasteiger partial charge in [0.05, 0.1) is 18.2 Å². The van der Waals surface area contributed by atoms with Crippen molar-refractivity contribution in [2.45, 2.75) is 6.61 Å². The smallest absolute Gasteiger partial charge is 0.371 e. The number of non-ortho nitro benzene ring substituents is 1. The number of nitro benzene ring substituents is 1. The van der Waals surface area contributed by atoms with Crippen molar-refractivity contribution in [3.63, 3.8) is 0 Å². The molecule has 1 amide bonds. The highest BCUT2D eigenvalue weighted by atomic mass is 16.6. The summed E-state index contributed by atoms with van der Waals surface area (Å²) in [6.45, 7) is -0.00363. The van der Waals surface area contributed by atoms with Gasteiger partial charge >= 0.3 is 5.97 Å². The van der Waals surface area contributed by atoms with Crippen LogP contribution in [0.4, 0.5) is 5.69 Å². The molecule has 11 nitrogen and oxygen atoms in total. The molecule has 0 atom stereocenters. The maximum absolute atomic E-state index is 12.1. The number of aromatic carboxylic acids is 1. The summed E-state index contributed by atoms with van der Waals surface area (Å²) in [4.78, 5) is 33.2. The van der Waals surface area contributed by atoms with Crippen LogP contribution in [-0.4, -0.2) is 35.2 Å². The van der Waals surface area contributed by atoms with Gasteiger partial charge in [0, 0.05) is 17.7 Å². The number of ether oxygens (including phenoxy) is 2. The molecular weight excluding hydrogens is 422 g/mol. The first-order valence-corrected chi connectivity index (χ1v) is 9.08. The Labute approximate surface area is 181 Å². The summed E-state index contributed by atoms with van der Waals surface area (Å²) in [6.07, 6.45) is 1.37. The molecule has 0 aliphatic rings. The van der Waals surface area contributed by atoms with Crippen LogP contribution in [0, 0.1) is 10.1 Å². The second-order valence-corrected chi connectivity index (χ2v) is 6.28. The average molecular weight is 439 g/mol. The number of amides is 1. The number of nitrogens with zero attached hydrogens (tertiary/aromatic N) is 2. The quantitative estimate of drug-likeness (QED) is 0.293. The van der Waals surface area contributed by atoms with Crippen LogP contribution in [0.1, 0.15) is 32.2 Å². The normalized spacial score (nSPS) is 10.7. The topological polar surface area (TPSA) is 154 Å². The minimum Gasteiger partial charge on any atom is -0.493 e. The summed E-state index contributed by atoms with van der Waals surface area (Å²) in [5.74, 6) is -0.859. The van der Waals surface area contributed by atoms with Crippen LogP contribution in [-0.2, 0) is 6.61 Å². The molecule has 11 heteroatoms. The molecule has 1 aromatic heterocycles.